The Labute approximate surface area is 220 Å². The summed E-state index contributed by atoms with van der Waals surface area (Å²) in [7, 11) is 0. The molecule has 0 bridgehead atoms. The van der Waals surface area contributed by atoms with E-state index in [4.69, 9.17) is 49.0 Å². The molecule has 0 amide bonds. The number of benzene rings is 2. The molecule has 0 aliphatic carbocycles. The van der Waals surface area contributed by atoms with Gasteiger partial charge in [0.15, 0.2) is 5.75 Å². The normalized spacial score (nSPS) is 13.3. The van der Waals surface area contributed by atoms with Crippen molar-refractivity contribution in [3.05, 3.63) is 57.6 Å². The Bertz CT molecular complexity index is 914. The van der Waals surface area contributed by atoms with E-state index in [1.54, 1.807) is 0 Å². The topological polar surface area (TPSA) is 67.8 Å². The molecule has 2 rings (SSSR count). The summed E-state index contributed by atoms with van der Waals surface area (Å²) in [5.41, 5.74) is 1.59. The van der Waals surface area contributed by atoms with Crippen LogP contribution in [-0.4, -0.2) is 47.2 Å². The Balaban J connectivity index is 2.07. The fourth-order valence-electron chi connectivity index (χ4n) is 3.27. The Kier molecular flexibility index (Phi) is 11.6. The summed E-state index contributed by atoms with van der Waals surface area (Å²) in [6.07, 6.45) is 0.162. The minimum atomic E-state index is -0.822. The molecular weight excluding hydrogens is 519 g/mol. The first kappa shape index (κ1) is 28.9. The average Bonchev–Trinajstić information content (AvgIpc) is 2.80. The van der Waals surface area contributed by atoms with Crippen LogP contribution in [0.2, 0.25) is 10.0 Å². The van der Waals surface area contributed by atoms with E-state index >= 15 is 0 Å². The zero-order chi connectivity index (χ0) is 25.3. The second kappa shape index (κ2) is 13.7. The zero-order valence-electron chi connectivity index (χ0n) is 19.9. The number of alkyl halides is 1. The number of halogens is 3. The van der Waals surface area contributed by atoms with Crippen molar-refractivity contribution < 1.29 is 23.6 Å². The van der Waals surface area contributed by atoms with Gasteiger partial charge in [-0.1, -0.05) is 60.4 Å². The van der Waals surface area contributed by atoms with Crippen LogP contribution >= 0.6 is 34.8 Å². The first-order valence-corrected chi connectivity index (χ1v) is 13.8. The molecule has 0 saturated heterocycles. The molecule has 0 aromatic heterocycles. The molecule has 2 aromatic rings. The first-order valence-electron chi connectivity index (χ1n) is 11.0. The third-order valence-corrected chi connectivity index (χ3v) is 7.61. The van der Waals surface area contributed by atoms with Gasteiger partial charge in [0.2, 0.25) is 0 Å². The maximum absolute atomic E-state index is 11.6. The second-order valence-corrected chi connectivity index (χ2v) is 11.2. The molecule has 0 aliphatic heterocycles. The minimum Gasteiger partial charge on any atom is -0.616 e. The molecule has 188 valence electrons. The second-order valence-electron chi connectivity index (χ2n) is 8.25. The highest BCUT2D eigenvalue weighted by molar-refractivity contribution is 7.91. The third-order valence-electron chi connectivity index (χ3n) is 5.32. The molecule has 0 spiro atoms. The molecule has 9 heteroatoms. The number of hydrogen-bond donors (Lipinski definition) is 0. The first-order chi connectivity index (χ1) is 16.1. The van der Waals surface area contributed by atoms with Gasteiger partial charge >= 0.3 is 5.97 Å². The average molecular weight is 550 g/mol. The van der Waals surface area contributed by atoms with Crippen LogP contribution in [0.3, 0.4) is 0 Å². The van der Waals surface area contributed by atoms with Crippen molar-refractivity contribution in [2.24, 2.45) is 0 Å². The number of hydrogen-bond acceptors (Lipinski definition) is 5. The molecular formula is C25H31Cl3O5S. The number of ether oxygens (including phenoxy) is 3. The quantitative estimate of drug-likeness (QED) is 0.125. The molecule has 0 saturated carbocycles. The lowest BCUT2D eigenvalue weighted by Crippen LogP contribution is -2.25. The van der Waals surface area contributed by atoms with Gasteiger partial charge in [-0.3, -0.25) is 4.79 Å². The Morgan fingerprint density at radius 3 is 2.24 bits per heavy atom. The fourth-order valence-corrected chi connectivity index (χ4v) is 4.74. The largest absolute Gasteiger partial charge is 0.616 e. The van der Waals surface area contributed by atoms with Crippen molar-refractivity contribution in [1.29, 1.82) is 0 Å². The maximum Gasteiger partial charge on any atom is 0.303 e. The Hall–Kier alpha value is -1.31. The standard InChI is InChI=1S/C25H31Cl3O5S/c1-5-34(30)12-6-11-31-24-22(27)13-19(14-23(24)28)25(3,4)18-7-9-20(10-8-18)32-16-21(15-26)33-17(2)29/h7-10,13-14,21H,5-6,11-12,15-16H2,1-4H3. The molecule has 0 radical (unpaired) electrons. The van der Waals surface area contributed by atoms with Gasteiger partial charge in [-0.05, 0) is 42.3 Å². The highest BCUT2D eigenvalue weighted by Gasteiger charge is 2.26. The van der Waals surface area contributed by atoms with Crippen molar-refractivity contribution in [3.63, 3.8) is 0 Å². The van der Waals surface area contributed by atoms with Gasteiger partial charge in [0.05, 0.1) is 22.5 Å². The van der Waals surface area contributed by atoms with Crippen LogP contribution in [0.15, 0.2) is 36.4 Å². The van der Waals surface area contributed by atoms with E-state index in [9.17, 15) is 9.35 Å². The molecule has 2 atom stereocenters. The molecule has 0 aliphatic rings. The third kappa shape index (κ3) is 8.42. The highest BCUT2D eigenvalue weighted by Crippen LogP contribution is 2.40. The lowest BCUT2D eigenvalue weighted by atomic mass is 9.78. The summed E-state index contributed by atoms with van der Waals surface area (Å²) >= 11 is 18.0. The van der Waals surface area contributed by atoms with Gasteiger partial charge in [-0.15, -0.1) is 11.6 Å². The van der Waals surface area contributed by atoms with Gasteiger partial charge in [0.1, 0.15) is 30.0 Å². The molecule has 2 aromatic carbocycles. The summed E-state index contributed by atoms with van der Waals surface area (Å²) in [5, 5.41) is 0.870. The monoisotopic (exact) mass is 548 g/mol. The maximum atomic E-state index is 11.6. The predicted molar refractivity (Wildman–Crippen MR) is 140 cm³/mol. The van der Waals surface area contributed by atoms with Crippen molar-refractivity contribution in [2.45, 2.75) is 45.6 Å². The van der Waals surface area contributed by atoms with Crippen LogP contribution in [0.4, 0.5) is 0 Å². The van der Waals surface area contributed by atoms with E-state index in [1.807, 2.05) is 43.3 Å². The Morgan fingerprint density at radius 1 is 1.09 bits per heavy atom. The van der Waals surface area contributed by atoms with Crippen LogP contribution in [-0.2, 0) is 26.1 Å². The summed E-state index contributed by atoms with van der Waals surface area (Å²) in [5.74, 6) is 2.08. The van der Waals surface area contributed by atoms with Crippen LogP contribution in [0, 0.1) is 0 Å². The summed E-state index contributed by atoms with van der Waals surface area (Å²) in [6, 6.07) is 11.4. The number of carbonyl (C=O) groups is 1. The van der Waals surface area contributed by atoms with Gasteiger partial charge in [0.25, 0.3) is 0 Å². The van der Waals surface area contributed by atoms with Gasteiger partial charge < -0.3 is 18.8 Å². The molecule has 0 fully saturated rings. The minimum absolute atomic E-state index is 0.157. The van der Waals surface area contributed by atoms with E-state index in [1.165, 1.54) is 6.92 Å². The van der Waals surface area contributed by atoms with Crippen molar-refractivity contribution in [1.82, 2.24) is 0 Å². The zero-order valence-corrected chi connectivity index (χ0v) is 23.0. The molecule has 0 N–H and O–H groups in total. The Morgan fingerprint density at radius 2 is 1.71 bits per heavy atom. The number of esters is 1. The van der Waals surface area contributed by atoms with Crippen LogP contribution < -0.4 is 9.47 Å². The van der Waals surface area contributed by atoms with Crippen molar-refractivity contribution in [3.8, 4) is 11.5 Å². The number of carbonyl (C=O) groups excluding carboxylic acids is 1. The summed E-state index contributed by atoms with van der Waals surface area (Å²) in [6.45, 7) is 7.97. The van der Waals surface area contributed by atoms with Gasteiger partial charge in [-0.2, -0.15) is 0 Å². The van der Waals surface area contributed by atoms with Gasteiger partial charge in [0, 0.05) is 18.8 Å². The lowest BCUT2D eigenvalue weighted by molar-refractivity contribution is -0.146. The SMILES string of the molecule is CC[S+]([O-])CCCOc1c(Cl)cc(C(C)(C)c2ccc(OCC(CCl)OC(C)=O)cc2)cc1Cl. The molecule has 34 heavy (non-hydrogen) atoms. The fraction of sp³-hybridized carbons (Fsp3) is 0.480. The molecule has 2 unspecified atom stereocenters. The van der Waals surface area contributed by atoms with Crippen LogP contribution in [0.5, 0.6) is 11.5 Å². The molecule has 5 nitrogen and oxygen atoms in total. The van der Waals surface area contributed by atoms with E-state index in [2.05, 4.69) is 13.8 Å². The van der Waals surface area contributed by atoms with Crippen LogP contribution in [0.25, 0.3) is 0 Å². The smallest absolute Gasteiger partial charge is 0.303 e. The summed E-state index contributed by atoms with van der Waals surface area (Å²) in [4.78, 5) is 11.1. The van der Waals surface area contributed by atoms with E-state index in [0.717, 1.165) is 11.1 Å². The van der Waals surface area contributed by atoms with Crippen molar-refractivity contribution in [2.75, 3.05) is 30.6 Å². The van der Waals surface area contributed by atoms with E-state index in [0.29, 0.717) is 46.1 Å². The highest BCUT2D eigenvalue weighted by atomic mass is 35.5. The van der Waals surface area contributed by atoms with E-state index < -0.39 is 28.7 Å². The predicted octanol–water partition coefficient (Wildman–Crippen LogP) is 6.41. The van der Waals surface area contributed by atoms with E-state index in [-0.39, 0.29) is 12.5 Å². The van der Waals surface area contributed by atoms with Crippen LogP contribution in [0.1, 0.15) is 45.2 Å². The molecule has 0 heterocycles. The summed E-state index contributed by atoms with van der Waals surface area (Å²) < 4.78 is 28.1. The number of rotatable bonds is 13. The van der Waals surface area contributed by atoms with Crippen molar-refractivity contribution >= 4 is 51.9 Å². The van der Waals surface area contributed by atoms with Gasteiger partial charge in [-0.25, -0.2) is 0 Å². The lowest BCUT2D eigenvalue weighted by Gasteiger charge is -2.27.